The monoisotopic (exact) mass is 474 g/mol. The SMILES string of the molecule is CCOC(=O)[C@@H]1[C@H]2C(=O)N([C@@H](CO)Cc3ccccc3)C(C(=O)NC(C)C)C23CC[C@@]1(C)S3. The molecule has 2 N–H and O–H groups in total. The molecule has 1 aromatic carbocycles. The first-order valence-corrected chi connectivity index (χ1v) is 12.6. The number of hydrogen-bond donors (Lipinski definition) is 2. The summed E-state index contributed by atoms with van der Waals surface area (Å²) in [6, 6.07) is 8.26. The van der Waals surface area contributed by atoms with Gasteiger partial charge in [0.2, 0.25) is 11.8 Å². The van der Waals surface area contributed by atoms with E-state index in [1.54, 1.807) is 23.6 Å². The number of likely N-dealkylation sites (tertiary alicyclic amines) is 1. The molecule has 3 aliphatic heterocycles. The Hall–Kier alpha value is -2.06. The van der Waals surface area contributed by atoms with Crippen molar-refractivity contribution in [2.45, 2.75) is 74.6 Å². The standard InChI is InChI=1S/C25H34N2O5S/c1-5-32-23(31)19-18-22(30)27(17(14-28)13-16-9-7-6-8-10-16)20(21(29)26-15(2)3)25(18)12-11-24(19,4)33-25/h6-10,15,17-20,28H,5,11-14H2,1-4H3,(H,26,29)/t17-,18+,19+,20?,24-,25?/m1/s1. The molecule has 3 saturated heterocycles. The molecule has 0 aromatic heterocycles. The van der Waals surface area contributed by atoms with E-state index in [1.807, 2.05) is 51.1 Å². The van der Waals surface area contributed by atoms with E-state index in [4.69, 9.17) is 4.74 Å². The van der Waals surface area contributed by atoms with Crippen LogP contribution in [0.4, 0.5) is 0 Å². The van der Waals surface area contributed by atoms with Crippen LogP contribution < -0.4 is 5.32 Å². The van der Waals surface area contributed by atoms with E-state index in [0.29, 0.717) is 12.8 Å². The topological polar surface area (TPSA) is 95.9 Å². The summed E-state index contributed by atoms with van der Waals surface area (Å²) in [5, 5.41) is 13.4. The van der Waals surface area contributed by atoms with Crippen LogP contribution in [-0.4, -0.2) is 68.6 Å². The summed E-state index contributed by atoms with van der Waals surface area (Å²) in [4.78, 5) is 42.3. The average molecular weight is 475 g/mol. The number of fused-ring (bicyclic) bond motifs is 1. The zero-order valence-electron chi connectivity index (χ0n) is 19.7. The van der Waals surface area contributed by atoms with Gasteiger partial charge in [0.25, 0.3) is 0 Å². The van der Waals surface area contributed by atoms with Gasteiger partial charge in [0.15, 0.2) is 0 Å². The molecule has 0 aliphatic carbocycles. The Morgan fingerprint density at radius 3 is 2.58 bits per heavy atom. The number of carbonyl (C=O) groups excluding carboxylic acids is 3. The van der Waals surface area contributed by atoms with Gasteiger partial charge in [-0.1, -0.05) is 30.3 Å². The maximum atomic E-state index is 14.0. The highest BCUT2D eigenvalue weighted by Crippen LogP contribution is 2.71. The lowest BCUT2D eigenvalue weighted by Crippen LogP contribution is -2.57. The second-order valence-electron chi connectivity index (χ2n) is 9.91. The van der Waals surface area contributed by atoms with E-state index in [9.17, 15) is 19.5 Å². The Bertz CT molecular complexity index is 925. The van der Waals surface area contributed by atoms with E-state index in [-0.39, 0.29) is 37.0 Å². The summed E-state index contributed by atoms with van der Waals surface area (Å²) in [6.07, 6.45) is 1.85. The maximum Gasteiger partial charge on any atom is 0.311 e. The van der Waals surface area contributed by atoms with Crippen molar-refractivity contribution in [3.63, 3.8) is 0 Å². The third-order valence-electron chi connectivity index (χ3n) is 7.35. The van der Waals surface area contributed by atoms with Crippen molar-refractivity contribution in [1.82, 2.24) is 10.2 Å². The van der Waals surface area contributed by atoms with Crippen molar-refractivity contribution >= 4 is 29.5 Å². The Labute approximate surface area is 199 Å². The lowest BCUT2D eigenvalue weighted by molar-refractivity contribution is -0.155. The highest BCUT2D eigenvalue weighted by Gasteiger charge is 2.78. The molecule has 1 spiro atoms. The summed E-state index contributed by atoms with van der Waals surface area (Å²) in [5.41, 5.74) is 0.979. The molecule has 7 nitrogen and oxygen atoms in total. The molecular weight excluding hydrogens is 440 g/mol. The molecule has 180 valence electrons. The highest BCUT2D eigenvalue weighted by atomic mass is 32.2. The van der Waals surface area contributed by atoms with Crippen LogP contribution in [0.1, 0.15) is 46.1 Å². The first-order valence-electron chi connectivity index (χ1n) is 11.8. The van der Waals surface area contributed by atoms with Crippen molar-refractivity contribution in [3.8, 4) is 0 Å². The van der Waals surface area contributed by atoms with Crippen LogP contribution in [0.2, 0.25) is 0 Å². The van der Waals surface area contributed by atoms with Crippen LogP contribution in [0.25, 0.3) is 0 Å². The summed E-state index contributed by atoms with van der Waals surface area (Å²) >= 11 is 1.61. The Morgan fingerprint density at radius 1 is 1.27 bits per heavy atom. The predicted molar refractivity (Wildman–Crippen MR) is 127 cm³/mol. The third kappa shape index (κ3) is 3.85. The van der Waals surface area contributed by atoms with Gasteiger partial charge in [-0.2, -0.15) is 0 Å². The van der Waals surface area contributed by atoms with Crippen molar-refractivity contribution in [1.29, 1.82) is 0 Å². The highest BCUT2D eigenvalue weighted by molar-refractivity contribution is 8.02. The number of amides is 2. The van der Waals surface area contributed by atoms with Gasteiger partial charge in [0.05, 0.1) is 35.8 Å². The van der Waals surface area contributed by atoms with E-state index < -0.39 is 33.4 Å². The Morgan fingerprint density at radius 2 is 1.97 bits per heavy atom. The minimum Gasteiger partial charge on any atom is -0.466 e. The molecule has 2 bridgehead atoms. The fourth-order valence-electron chi connectivity index (χ4n) is 6.15. The van der Waals surface area contributed by atoms with Crippen LogP contribution in [-0.2, 0) is 25.5 Å². The van der Waals surface area contributed by atoms with Gasteiger partial charge in [0.1, 0.15) is 6.04 Å². The van der Waals surface area contributed by atoms with Crippen LogP contribution in [0.3, 0.4) is 0 Å². The van der Waals surface area contributed by atoms with E-state index in [2.05, 4.69) is 5.32 Å². The van der Waals surface area contributed by atoms with Gasteiger partial charge in [-0.15, -0.1) is 11.8 Å². The number of rotatable bonds is 8. The normalized spacial score (nSPS) is 33.3. The number of hydrogen-bond acceptors (Lipinski definition) is 6. The molecule has 0 saturated carbocycles. The Balaban J connectivity index is 1.77. The van der Waals surface area contributed by atoms with E-state index in [0.717, 1.165) is 12.0 Å². The summed E-state index contributed by atoms with van der Waals surface area (Å²) in [7, 11) is 0. The molecule has 0 radical (unpaired) electrons. The number of benzene rings is 1. The number of carbonyl (C=O) groups is 3. The van der Waals surface area contributed by atoms with Crippen LogP contribution in [0.5, 0.6) is 0 Å². The molecule has 2 amide bonds. The van der Waals surface area contributed by atoms with E-state index in [1.165, 1.54) is 0 Å². The molecule has 8 heteroatoms. The largest absolute Gasteiger partial charge is 0.466 e. The number of thioether (sulfide) groups is 1. The van der Waals surface area contributed by atoms with Gasteiger partial charge in [0, 0.05) is 10.8 Å². The smallest absolute Gasteiger partial charge is 0.311 e. The molecule has 2 unspecified atom stereocenters. The van der Waals surface area contributed by atoms with Gasteiger partial charge < -0.3 is 20.1 Å². The maximum absolute atomic E-state index is 14.0. The van der Waals surface area contributed by atoms with Crippen molar-refractivity contribution in [2.75, 3.05) is 13.2 Å². The Kier molecular flexibility index (Phi) is 6.53. The molecule has 3 heterocycles. The van der Waals surface area contributed by atoms with E-state index >= 15 is 0 Å². The van der Waals surface area contributed by atoms with Gasteiger partial charge >= 0.3 is 5.97 Å². The summed E-state index contributed by atoms with van der Waals surface area (Å²) < 4.78 is 4.26. The first kappa shape index (κ1) is 24.1. The molecule has 33 heavy (non-hydrogen) atoms. The fourth-order valence-corrected chi connectivity index (χ4v) is 8.48. The number of nitrogens with zero attached hydrogens (tertiary/aromatic N) is 1. The summed E-state index contributed by atoms with van der Waals surface area (Å²) in [5.74, 6) is -2.02. The van der Waals surface area contributed by atoms with Crippen molar-refractivity contribution in [2.24, 2.45) is 11.8 Å². The first-order chi connectivity index (χ1) is 15.7. The lowest BCUT2D eigenvalue weighted by atomic mass is 9.66. The predicted octanol–water partition coefficient (Wildman–Crippen LogP) is 2.16. The second kappa shape index (κ2) is 8.95. The van der Waals surface area contributed by atoms with Crippen LogP contribution in [0.15, 0.2) is 30.3 Å². The zero-order chi connectivity index (χ0) is 24.0. The van der Waals surface area contributed by atoms with Crippen LogP contribution >= 0.6 is 11.8 Å². The van der Waals surface area contributed by atoms with Gasteiger partial charge in [-0.3, -0.25) is 14.4 Å². The fraction of sp³-hybridized carbons (Fsp3) is 0.640. The number of esters is 1. The van der Waals surface area contributed by atoms with Crippen LogP contribution in [0, 0.1) is 11.8 Å². The van der Waals surface area contributed by atoms with Crippen molar-refractivity contribution in [3.05, 3.63) is 35.9 Å². The second-order valence-corrected chi connectivity index (χ2v) is 11.8. The lowest BCUT2D eigenvalue weighted by Gasteiger charge is -2.37. The third-order valence-corrected chi connectivity index (χ3v) is 9.34. The zero-order valence-corrected chi connectivity index (χ0v) is 20.6. The number of ether oxygens (including phenoxy) is 1. The molecule has 3 fully saturated rings. The summed E-state index contributed by atoms with van der Waals surface area (Å²) in [6.45, 7) is 7.56. The average Bonchev–Trinajstić information content (AvgIpc) is 3.33. The minimum absolute atomic E-state index is 0.0911. The number of aliphatic hydroxyl groups is 1. The minimum atomic E-state index is -0.746. The van der Waals surface area contributed by atoms with Gasteiger partial charge in [-0.05, 0) is 52.5 Å². The number of nitrogens with one attached hydrogen (secondary N) is 1. The molecule has 4 rings (SSSR count). The number of aliphatic hydroxyl groups excluding tert-OH is 1. The van der Waals surface area contributed by atoms with Crippen molar-refractivity contribution < 1.29 is 24.2 Å². The van der Waals surface area contributed by atoms with Gasteiger partial charge in [-0.25, -0.2) is 0 Å². The molecule has 1 aromatic rings. The molecular formula is C25H34N2O5S. The molecule has 3 aliphatic rings. The quantitative estimate of drug-likeness (QED) is 0.561. The molecule has 6 atom stereocenters.